The zero-order valence-corrected chi connectivity index (χ0v) is 11.8. The number of fused-ring (bicyclic) bond motifs is 1. The minimum Gasteiger partial charge on any atom is -0.372 e. The number of nitrogens with zero attached hydrogens (tertiary/aromatic N) is 2. The zero-order valence-electron chi connectivity index (χ0n) is 10.2. The summed E-state index contributed by atoms with van der Waals surface area (Å²) in [4.78, 5) is 27.7. The quantitative estimate of drug-likeness (QED) is 0.721. The highest BCUT2D eigenvalue weighted by Crippen LogP contribution is 2.11. The summed E-state index contributed by atoms with van der Waals surface area (Å²) < 4.78 is 6.99. The van der Waals surface area contributed by atoms with Gasteiger partial charge in [0.15, 0.2) is 0 Å². The summed E-state index contributed by atoms with van der Waals surface area (Å²) in [6.07, 6.45) is 1.65. The van der Waals surface area contributed by atoms with Crippen molar-refractivity contribution in [3.05, 3.63) is 73.7 Å². The lowest BCUT2D eigenvalue weighted by Crippen LogP contribution is -2.25. The van der Waals surface area contributed by atoms with Crippen molar-refractivity contribution in [1.29, 1.82) is 0 Å². The lowest BCUT2D eigenvalue weighted by atomic mass is 10.2. The van der Waals surface area contributed by atoms with E-state index in [1.807, 2.05) is 6.07 Å². The molecule has 20 heavy (non-hydrogen) atoms. The van der Waals surface area contributed by atoms with Crippen LogP contribution >= 0.6 is 15.9 Å². The minimum atomic E-state index is -0.682. The molecule has 2 heterocycles. The van der Waals surface area contributed by atoms with Crippen molar-refractivity contribution < 1.29 is 4.42 Å². The van der Waals surface area contributed by atoms with Crippen LogP contribution in [0.1, 0.15) is 5.69 Å². The molecule has 0 atom stereocenters. The lowest BCUT2D eigenvalue weighted by molar-refractivity contribution is 0.424. The van der Waals surface area contributed by atoms with Gasteiger partial charge in [0, 0.05) is 10.7 Å². The average molecular weight is 333 g/mol. The maximum Gasteiger partial charge on any atom is 0.422 e. The Balaban J connectivity index is 2.18. The molecule has 0 amide bonds. The van der Waals surface area contributed by atoms with Crippen LogP contribution in [0.4, 0.5) is 0 Å². The topological polar surface area (TPSA) is 65.1 Å². The Morgan fingerprint density at radius 1 is 1.15 bits per heavy atom. The van der Waals surface area contributed by atoms with E-state index in [1.54, 1.807) is 36.5 Å². The monoisotopic (exact) mass is 332 g/mol. The molecule has 0 saturated carbocycles. The molecule has 0 saturated heterocycles. The molecule has 0 aliphatic rings. The van der Waals surface area contributed by atoms with Crippen molar-refractivity contribution in [1.82, 2.24) is 9.55 Å². The molecule has 3 aromatic rings. The second kappa shape index (κ2) is 5.05. The number of pyridine rings is 1. The summed E-state index contributed by atoms with van der Waals surface area (Å²) in [5.74, 6) is -0.682. The Kier molecular flexibility index (Phi) is 3.23. The first-order valence-corrected chi connectivity index (χ1v) is 6.67. The third kappa shape index (κ3) is 2.30. The van der Waals surface area contributed by atoms with Gasteiger partial charge in [-0.15, -0.1) is 0 Å². The summed E-state index contributed by atoms with van der Waals surface area (Å²) in [7, 11) is 0. The number of aromatic nitrogens is 2. The van der Waals surface area contributed by atoms with Crippen LogP contribution in [0.5, 0.6) is 0 Å². The summed E-state index contributed by atoms with van der Waals surface area (Å²) in [6.45, 7) is 0.246. The third-order valence-electron chi connectivity index (χ3n) is 2.92. The molecular formula is C14H9BrN2O3. The van der Waals surface area contributed by atoms with Gasteiger partial charge in [0.1, 0.15) is 0 Å². The fourth-order valence-corrected chi connectivity index (χ4v) is 2.22. The number of para-hydroxylation sites is 1. The molecule has 0 radical (unpaired) electrons. The van der Waals surface area contributed by atoms with Crippen molar-refractivity contribution in [2.45, 2.75) is 6.54 Å². The number of hydrogen-bond donors (Lipinski definition) is 0. The van der Waals surface area contributed by atoms with Gasteiger partial charge >= 0.3 is 11.4 Å². The van der Waals surface area contributed by atoms with Crippen LogP contribution in [-0.4, -0.2) is 9.55 Å². The Hall–Kier alpha value is -2.21. The van der Waals surface area contributed by atoms with E-state index in [0.717, 1.165) is 4.47 Å². The number of rotatable bonds is 2. The number of benzene rings is 1. The molecule has 0 N–H and O–H groups in total. The Morgan fingerprint density at radius 3 is 2.70 bits per heavy atom. The van der Waals surface area contributed by atoms with Crippen LogP contribution in [0, 0.1) is 0 Å². The van der Waals surface area contributed by atoms with E-state index in [1.165, 1.54) is 4.57 Å². The molecule has 0 aliphatic carbocycles. The fourth-order valence-electron chi connectivity index (χ4n) is 1.98. The highest BCUT2D eigenvalue weighted by molar-refractivity contribution is 9.10. The van der Waals surface area contributed by atoms with Crippen LogP contribution in [0.3, 0.4) is 0 Å². The van der Waals surface area contributed by atoms with Gasteiger partial charge in [0.05, 0.1) is 23.1 Å². The standard InChI is InChI=1S/C14H9BrN2O3/c15-9-5-6-10(16-7-9)8-17-12-4-2-1-3-11(12)13(18)20-14(17)19/h1-7H,8H2. The number of halogens is 1. The molecule has 6 heteroatoms. The molecule has 0 aliphatic heterocycles. The summed E-state index contributed by atoms with van der Waals surface area (Å²) >= 11 is 3.30. The largest absolute Gasteiger partial charge is 0.422 e. The highest BCUT2D eigenvalue weighted by Gasteiger charge is 2.09. The highest BCUT2D eigenvalue weighted by atomic mass is 79.9. The molecule has 5 nitrogen and oxygen atoms in total. The predicted molar refractivity (Wildman–Crippen MR) is 77.8 cm³/mol. The van der Waals surface area contributed by atoms with Crippen LogP contribution in [0.25, 0.3) is 10.9 Å². The van der Waals surface area contributed by atoms with E-state index < -0.39 is 11.4 Å². The summed E-state index contributed by atoms with van der Waals surface area (Å²) in [6, 6.07) is 10.5. The molecule has 0 unspecified atom stereocenters. The third-order valence-corrected chi connectivity index (χ3v) is 3.39. The van der Waals surface area contributed by atoms with Gasteiger partial charge in [-0.2, -0.15) is 0 Å². The number of hydrogen-bond acceptors (Lipinski definition) is 4. The van der Waals surface area contributed by atoms with E-state index in [-0.39, 0.29) is 6.54 Å². The van der Waals surface area contributed by atoms with E-state index in [0.29, 0.717) is 16.6 Å². The van der Waals surface area contributed by atoms with Gasteiger partial charge in [-0.1, -0.05) is 12.1 Å². The molecule has 0 spiro atoms. The second-order valence-corrected chi connectivity index (χ2v) is 5.14. The average Bonchev–Trinajstić information content (AvgIpc) is 2.45. The van der Waals surface area contributed by atoms with Crippen molar-refractivity contribution in [2.75, 3.05) is 0 Å². The summed E-state index contributed by atoms with van der Waals surface area (Å²) in [5, 5.41) is 0.379. The van der Waals surface area contributed by atoms with Gasteiger partial charge in [-0.3, -0.25) is 9.55 Å². The van der Waals surface area contributed by atoms with Crippen LogP contribution in [-0.2, 0) is 6.54 Å². The normalized spacial score (nSPS) is 10.8. The van der Waals surface area contributed by atoms with E-state index in [4.69, 9.17) is 4.42 Å². The van der Waals surface area contributed by atoms with Crippen LogP contribution < -0.4 is 11.4 Å². The van der Waals surface area contributed by atoms with E-state index in [2.05, 4.69) is 20.9 Å². The van der Waals surface area contributed by atoms with E-state index in [9.17, 15) is 9.59 Å². The fraction of sp³-hybridized carbons (Fsp3) is 0.0714. The van der Waals surface area contributed by atoms with Gasteiger partial charge in [-0.05, 0) is 40.2 Å². The zero-order chi connectivity index (χ0) is 14.1. The van der Waals surface area contributed by atoms with E-state index >= 15 is 0 Å². The maximum atomic E-state index is 11.9. The van der Waals surface area contributed by atoms with Gasteiger partial charge in [-0.25, -0.2) is 9.59 Å². The van der Waals surface area contributed by atoms with Crippen molar-refractivity contribution in [2.24, 2.45) is 0 Å². The molecule has 0 bridgehead atoms. The molecule has 0 fully saturated rings. The molecule has 3 rings (SSSR count). The Morgan fingerprint density at radius 2 is 1.95 bits per heavy atom. The lowest BCUT2D eigenvalue weighted by Gasteiger charge is -2.07. The van der Waals surface area contributed by atoms with Crippen molar-refractivity contribution >= 4 is 26.8 Å². The molecule has 2 aromatic heterocycles. The first-order chi connectivity index (χ1) is 9.65. The SMILES string of the molecule is O=c1oc(=O)n(Cc2ccc(Br)cn2)c2ccccc12. The van der Waals surface area contributed by atoms with Crippen molar-refractivity contribution in [3.63, 3.8) is 0 Å². The van der Waals surface area contributed by atoms with Gasteiger partial charge in [0.25, 0.3) is 0 Å². The summed E-state index contributed by atoms with van der Waals surface area (Å²) in [5.41, 5.74) is 0.624. The van der Waals surface area contributed by atoms with Crippen LogP contribution in [0.2, 0.25) is 0 Å². The molecular weight excluding hydrogens is 324 g/mol. The van der Waals surface area contributed by atoms with Crippen LogP contribution in [0.15, 0.2) is 61.1 Å². The minimum absolute atomic E-state index is 0.246. The second-order valence-electron chi connectivity index (χ2n) is 4.23. The maximum absolute atomic E-state index is 11.9. The molecule has 100 valence electrons. The Labute approximate surface area is 121 Å². The smallest absolute Gasteiger partial charge is 0.372 e. The Bertz CT molecular complexity index is 881. The van der Waals surface area contributed by atoms with Crippen molar-refractivity contribution in [3.8, 4) is 0 Å². The van der Waals surface area contributed by atoms with Gasteiger partial charge in [0.2, 0.25) is 0 Å². The molecule has 1 aromatic carbocycles. The predicted octanol–water partition coefficient (Wildman–Crippen LogP) is 2.16. The first-order valence-electron chi connectivity index (χ1n) is 5.88. The first kappa shape index (κ1) is 12.8. The van der Waals surface area contributed by atoms with Gasteiger partial charge < -0.3 is 4.42 Å².